The minimum atomic E-state index is 0.562. The Kier molecular flexibility index (Phi) is 1.43. The molecule has 0 fully saturated rings. The first kappa shape index (κ1) is 6.80. The second-order valence-electron chi connectivity index (χ2n) is 2.69. The summed E-state index contributed by atoms with van der Waals surface area (Å²) in [5.41, 5.74) is 3.33. The Morgan fingerprint density at radius 3 is 3.00 bits per heavy atom. The van der Waals surface area contributed by atoms with Gasteiger partial charge in [-0.1, -0.05) is 23.3 Å². The van der Waals surface area contributed by atoms with Gasteiger partial charge in [0.05, 0.1) is 5.69 Å². The van der Waals surface area contributed by atoms with E-state index < -0.39 is 0 Å². The molecule has 1 aromatic heterocycles. The van der Waals surface area contributed by atoms with Crippen LogP contribution in [0.25, 0.3) is 6.08 Å². The van der Waals surface area contributed by atoms with Crippen molar-refractivity contribution in [2.24, 2.45) is 0 Å². The maximum atomic E-state index is 5.84. The molecule has 2 nitrogen and oxygen atoms in total. The molecule has 0 saturated carbocycles. The molecular formula is C8H7ClN2. The van der Waals surface area contributed by atoms with Gasteiger partial charge in [-0.3, -0.25) is 0 Å². The minimum Gasteiger partial charge on any atom is -0.240 e. The van der Waals surface area contributed by atoms with Gasteiger partial charge in [0.1, 0.15) is 11.5 Å². The predicted octanol–water partition coefficient (Wildman–Crippen LogP) is 2.09. The average molecular weight is 167 g/mol. The van der Waals surface area contributed by atoms with Crippen molar-refractivity contribution >= 4 is 17.7 Å². The summed E-state index contributed by atoms with van der Waals surface area (Å²) in [6, 6.07) is 0. The van der Waals surface area contributed by atoms with Gasteiger partial charge in [0.2, 0.25) is 0 Å². The van der Waals surface area contributed by atoms with Crippen LogP contribution in [0.15, 0.2) is 11.9 Å². The Bertz CT molecular complexity index is 331. The third-order valence-electron chi connectivity index (χ3n) is 1.75. The third kappa shape index (κ3) is 1.03. The molecule has 0 N–H and O–H groups in total. The van der Waals surface area contributed by atoms with Gasteiger partial charge in [-0.25, -0.2) is 9.97 Å². The molecule has 1 aliphatic carbocycles. The largest absolute Gasteiger partial charge is 0.240 e. The molecular weight excluding hydrogens is 160 g/mol. The normalized spacial score (nSPS) is 14.5. The second-order valence-corrected chi connectivity index (χ2v) is 3.05. The van der Waals surface area contributed by atoms with Gasteiger partial charge in [0, 0.05) is 12.0 Å². The SMILES string of the molecule is CC1=Cc2c(Cl)ncnc2C1. The molecule has 0 saturated heterocycles. The smallest absolute Gasteiger partial charge is 0.139 e. The van der Waals surface area contributed by atoms with Crippen molar-refractivity contribution in [3.05, 3.63) is 28.3 Å². The van der Waals surface area contributed by atoms with Crippen LogP contribution in [0.4, 0.5) is 0 Å². The van der Waals surface area contributed by atoms with Crippen molar-refractivity contribution in [2.45, 2.75) is 13.3 Å². The van der Waals surface area contributed by atoms with Crippen molar-refractivity contribution in [3.63, 3.8) is 0 Å². The summed E-state index contributed by atoms with van der Waals surface area (Å²) in [4.78, 5) is 8.02. The monoisotopic (exact) mass is 166 g/mol. The average Bonchev–Trinajstić information content (AvgIpc) is 2.31. The quantitative estimate of drug-likeness (QED) is 0.552. The lowest BCUT2D eigenvalue weighted by Gasteiger charge is -1.96. The highest BCUT2D eigenvalue weighted by atomic mass is 35.5. The van der Waals surface area contributed by atoms with Crippen LogP contribution in [0.3, 0.4) is 0 Å². The van der Waals surface area contributed by atoms with E-state index in [1.807, 2.05) is 6.08 Å². The van der Waals surface area contributed by atoms with Gasteiger partial charge >= 0.3 is 0 Å². The van der Waals surface area contributed by atoms with Gasteiger partial charge in [0.15, 0.2) is 0 Å². The second kappa shape index (κ2) is 2.31. The van der Waals surface area contributed by atoms with Crippen molar-refractivity contribution in [1.82, 2.24) is 9.97 Å². The van der Waals surface area contributed by atoms with E-state index in [1.165, 1.54) is 11.9 Å². The predicted molar refractivity (Wildman–Crippen MR) is 44.4 cm³/mol. The number of nitrogens with zero attached hydrogens (tertiary/aromatic N) is 2. The Labute approximate surface area is 69.9 Å². The lowest BCUT2D eigenvalue weighted by Crippen LogP contribution is -1.90. The number of fused-ring (bicyclic) bond motifs is 1. The van der Waals surface area contributed by atoms with E-state index in [0.29, 0.717) is 5.15 Å². The highest BCUT2D eigenvalue weighted by molar-refractivity contribution is 6.31. The molecule has 2 rings (SSSR count). The van der Waals surface area contributed by atoms with E-state index >= 15 is 0 Å². The number of halogens is 1. The molecule has 1 heterocycles. The first-order valence-corrected chi connectivity index (χ1v) is 3.82. The molecule has 1 aliphatic rings. The molecule has 0 amide bonds. The summed E-state index contributed by atoms with van der Waals surface area (Å²) in [6.45, 7) is 2.07. The molecule has 0 bridgehead atoms. The summed E-state index contributed by atoms with van der Waals surface area (Å²) >= 11 is 5.84. The van der Waals surface area contributed by atoms with E-state index in [-0.39, 0.29) is 0 Å². The van der Waals surface area contributed by atoms with Gasteiger partial charge in [-0.15, -0.1) is 0 Å². The Hall–Kier alpha value is -0.890. The van der Waals surface area contributed by atoms with Gasteiger partial charge in [-0.2, -0.15) is 0 Å². The molecule has 1 aromatic rings. The van der Waals surface area contributed by atoms with E-state index in [1.54, 1.807) is 0 Å². The Balaban J connectivity index is 2.61. The van der Waals surface area contributed by atoms with Gasteiger partial charge < -0.3 is 0 Å². The van der Waals surface area contributed by atoms with Gasteiger partial charge in [-0.05, 0) is 6.92 Å². The van der Waals surface area contributed by atoms with Crippen LogP contribution >= 0.6 is 11.6 Å². The standard InChI is InChI=1S/C8H7ClN2/c1-5-2-6-7(3-5)10-4-11-8(6)9/h2,4H,3H2,1H3. The summed E-state index contributed by atoms with van der Waals surface area (Å²) in [6.07, 6.45) is 4.46. The van der Waals surface area contributed by atoms with Crippen molar-refractivity contribution < 1.29 is 0 Å². The number of allylic oxidation sites excluding steroid dienone is 1. The van der Waals surface area contributed by atoms with Crippen molar-refractivity contribution in [3.8, 4) is 0 Å². The minimum absolute atomic E-state index is 0.562. The van der Waals surface area contributed by atoms with Crippen LogP contribution in [-0.4, -0.2) is 9.97 Å². The summed E-state index contributed by atoms with van der Waals surface area (Å²) in [7, 11) is 0. The lowest BCUT2D eigenvalue weighted by molar-refractivity contribution is 1.03. The number of rotatable bonds is 0. The highest BCUT2D eigenvalue weighted by Crippen LogP contribution is 2.26. The zero-order chi connectivity index (χ0) is 7.84. The van der Waals surface area contributed by atoms with Crippen LogP contribution in [0.5, 0.6) is 0 Å². The Morgan fingerprint density at radius 1 is 1.45 bits per heavy atom. The van der Waals surface area contributed by atoms with Crippen molar-refractivity contribution in [2.75, 3.05) is 0 Å². The van der Waals surface area contributed by atoms with E-state index in [2.05, 4.69) is 16.9 Å². The zero-order valence-corrected chi connectivity index (χ0v) is 6.89. The molecule has 0 aromatic carbocycles. The van der Waals surface area contributed by atoms with Crippen LogP contribution < -0.4 is 0 Å². The molecule has 3 heteroatoms. The molecule has 11 heavy (non-hydrogen) atoms. The number of hydrogen-bond acceptors (Lipinski definition) is 2. The van der Waals surface area contributed by atoms with E-state index in [0.717, 1.165) is 17.7 Å². The third-order valence-corrected chi connectivity index (χ3v) is 2.06. The fourth-order valence-electron chi connectivity index (χ4n) is 1.25. The zero-order valence-electron chi connectivity index (χ0n) is 6.13. The Morgan fingerprint density at radius 2 is 2.27 bits per heavy atom. The first-order valence-electron chi connectivity index (χ1n) is 3.44. The molecule has 0 unspecified atom stereocenters. The molecule has 56 valence electrons. The number of aromatic nitrogens is 2. The van der Waals surface area contributed by atoms with Gasteiger partial charge in [0.25, 0.3) is 0 Å². The fraction of sp³-hybridized carbons (Fsp3) is 0.250. The molecule has 0 radical (unpaired) electrons. The topological polar surface area (TPSA) is 25.8 Å². The van der Waals surface area contributed by atoms with E-state index in [4.69, 9.17) is 11.6 Å². The van der Waals surface area contributed by atoms with Crippen LogP contribution in [-0.2, 0) is 6.42 Å². The van der Waals surface area contributed by atoms with E-state index in [9.17, 15) is 0 Å². The molecule has 0 aliphatic heterocycles. The van der Waals surface area contributed by atoms with Crippen molar-refractivity contribution in [1.29, 1.82) is 0 Å². The lowest BCUT2D eigenvalue weighted by atomic mass is 10.2. The maximum Gasteiger partial charge on any atom is 0.139 e. The molecule has 0 atom stereocenters. The summed E-state index contributed by atoms with van der Waals surface area (Å²) < 4.78 is 0. The summed E-state index contributed by atoms with van der Waals surface area (Å²) in [5, 5.41) is 0.562. The maximum absolute atomic E-state index is 5.84. The van der Waals surface area contributed by atoms with Crippen LogP contribution in [0.2, 0.25) is 5.15 Å². The van der Waals surface area contributed by atoms with Crippen LogP contribution in [0, 0.1) is 0 Å². The molecule has 0 spiro atoms. The first-order chi connectivity index (χ1) is 5.27. The fourth-order valence-corrected chi connectivity index (χ4v) is 1.46. The number of hydrogen-bond donors (Lipinski definition) is 0. The summed E-state index contributed by atoms with van der Waals surface area (Å²) in [5.74, 6) is 0. The van der Waals surface area contributed by atoms with Crippen LogP contribution in [0.1, 0.15) is 18.2 Å². The highest BCUT2D eigenvalue weighted by Gasteiger charge is 2.13.